The number of ether oxygens (including phenoxy) is 3. The largest absolute Gasteiger partial charge is 0.506 e. The third-order valence-corrected chi connectivity index (χ3v) is 5.84. The van der Waals surface area contributed by atoms with E-state index >= 15 is 0 Å². The van der Waals surface area contributed by atoms with Crippen LogP contribution in [0.25, 0.3) is 21.9 Å². The van der Waals surface area contributed by atoms with Crippen molar-refractivity contribution < 1.29 is 19.3 Å². The van der Waals surface area contributed by atoms with Gasteiger partial charge in [0.25, 0.3) is 0 Å². The molecule has 0 amide bonds. The van der Waals surface area contributed by atoms with Crippen molar-refractivity contribution in [1.82, 2.24) is 0 Å². The third-order valence-electron chi connectivity index (χ3n) is 5.84. The van der Waals surface area contributed by atoms with E-state index in [-0.39, 0.29) is 11.8 Å². The van der Waals surface area contributed by atoms with Crippen molar-refractivity contribution in [1.29, 1.82) is 0 Å². The number of hydrogen-bond acceptors (Lipinski definition) is 5. The topological polar surface area (TPSA) is 60.3 Å². The first-order valence-corrected chi connectivity index (χ1v) is 10.0. The molecule has 0 bridgehead atoms. The summed E-state index contributed by atoms with van der Waals surface area (Å²) in [6.07, 6.45) is 0.735. The van der Waals surface area contributed by atoms with Crippen LogP contribution in [-0.2, 0) is 6.42 Å². The van der Waals surface area contributed by atoms with E-state index in [2.05, 4.69) is 13.0 Å². The number of aliphatic imine (C=N–C) groups is 1. The molecule has 5 nitrogen and oxygen atoms in total. The Morgan fingerprint density at radius 2 is 1.57 bits per heavy atom. The highest BCUT2D eigenvalue weighted by atomic mass is 16.5. The van der Waals surface area contributed by atoms with Gasteiger partial charge in [-0.2, -0.15) is 0 Å². The molecule has 0 saturated heterocycles. The lowest BCUT2D eigenvalue weighted by Gasteiger charge is -2.27. The molecule has 1 heterocycles. The monoisotopic (exact) mass is 405 g/mol. The lowest BCUT2D eigenvalue weighted by Crippen LogP contribution is -2.19. The predicted molar refractivity (Wildman–Crippen MR) is 121 cm³/mol. The fraction of sp³-hybridized carbons (Fsp3) is 0.320. The van der Waals surface area contributed by atoms with Gasteiger partial charge in [0, 0.05) is 28.5 Å². The van der Waals surface area contributed by atoms with Crippen LogP contribution in [0.3, 0.4) is 0 Å². The fourth-order valence-corrected chi connectivity index (χ4v) is 4.64. The molecule has 0 aliphatic carbocycles. The van der Waals surface area contributed by atoms with Crippen LogP contribution in [0.2, 0.25) is 0 Å². The lowest BCUT2D eigenvalue weighted by atomic mass is 9.84. The SMILES string of the molecule is COc1cc(OC)c(-c2c(C)cc3cccc(OC)c3c2O)c2c1C(C)=N[C@@H](C)C2. The number of aryl methyl sites for hydroxylation is 1. The molecule has 3 aromatic rings. The van der Waals surface area contributed by atoms with Crippen molar-refractivity contribution in [3.8, 4) is 34.1 Å². The van der Waals surface area contributed by atoms with Gasteiger partial charge in [0.05, 0.1) is 32.8 Å². The second-order valence-corrected chi connectivity index (χ2v) is 7.75. The van der Waals surface area contributed by atoms with Crippen molar-refractivity contribution in [3.63, 3.8) is 0 Å². The van der Waals surface area contributed by atoms with E-state index in [4.69, 9.17) is 19.2 Å². The first kappa shape index (κ1) is 20.1. The summed E-state index contributed by atoms with van der Waals surface area (Å²) in [6, 6.07) is 9.86. The van der Waals surface area contributed by atoms with Gasteiger partial charge in [0.2, 0.25) is 0 Å². The van der Waals surface area contributed by atoms with Crippen molar-refractivity contribution >= 4 is 16.5 Å². The standard InChI is InChI=1S/C25H27NO4/c1-13-10-16-8-7-9-18(28-4)23(16)25(27)21(13)24-17-11-14(2)26-15(3)22(17)19(29-5)12-20(24)30-6/h7-10,12,14,27H,11H2,1-6H3/t14-/m0/s1. The van der Waals surface area contributed by atoms with E-state index in [9.17, 15) is 5.11 Å². The number of phenolic OH excluding ortho intramolecular Hbond substituents is 1. The van der Waals surface area contributed by atoms with Crippen LogP contribution in [0, 0.1) is 6.92 Å². The Labute approximate surface area is 176 Å². The molecular weight excluding hydrogens is 378 g/mol. The molecule has 5 heteroatoms. The molecule has 4 rings (SSSR count). The van der Waals surface area contributed by atoms with Crippen LogP contribution < -0.4 is 14.2 Å². The molecule has 0 spiro atoms. The van der Waals surface area contributed by atoms with Gasteiger partial charge in [0.1, 0.15) is 23.0 Å². The zero-order valence-corrected chi connectivity index (χ0v) is 18.3. The second kappa shape index (κ2) is 7.56. The molecule has 0 saturated carbocycles. The minimum atomic E-state index is 0.130. The molecule has 1 N–H and O–H groups in total. The van der Waals surface area contributed by atoms with Crippen molar-refractivity contribution in [2.24, 2.45) is 4.99 Å². The average Bonchev–Trinajstić information content (AvgIpc) is 2.72. The zero-order valence-electron chi connectivity index (χ0n) is 18.3. The summed E-state index contributed by atoms with van der Waals surface area (Å²) in [5.74, 6) is 2.23. The van der Waals surface area contributed by atoms with Gasteiger partial charge in [-0.15, -0.1) is 0 Å². The molecule has 0 fully saturated rings. The molecule has 30 heavy (non-hydrogen) atoms. The highest BCUT2D eigenvalue weighted by Gasteiger charge is 2.29. The predicted octanol–water partition coefficient (Wildman–Crippen LogP) is 5.30. The normalized spacial score (nSPS) is 15.5. The number of benzene rings is 3. The van der Waals surface area contributed by atoms with Gasteiger partial charge in [-0.05, 0) is 49.8 Å². The van der Waals surface area contributed by atoms with Crippen molar-refractivity contribution in [3.05, 3.63) is 47.0 Å². The Morgan fingerprint density at radius 1 is 0.900 bits per heavy atom. The molecule has 0 unspecified atom stereocenters. The molecule has 1 aliphatic rings. The van der Waals surface area contributed by atoms with Crippen LogP contribution in [0.4, 0.5) is 0 Å². The Bertz CT molecular complexity index is 1180. The van der Waals surface area contributed by atoms with Crippen LogP contribution in [0.5, 0.6) is 23.0 Å². The minimum Gasteiger partial charge on any atom is -0.506 e. The van der Waals surface area contributed by atoms with Gasteiger partial charge in [-0.25, -0.2) is 0 Å². The second-order valence-electron chi connectivity index (χ2n) is 7.75. The quantitative estimate of drug-likeness (QED) is 0.640. The zero-order chi connectivity index (χ0) is 21.6. The van der Waals surface area contributed by atoms with Gasteiger partial charge in [-0.1, -0.05) is 18.2 Å². The summed E-state index contributed by atoms with van der Waals surface area (Å²) in [5, 5.41) is 13.1. The number of phenols is 1. The summed E-state index contributed by atoms with van der Waals surface area (Å²) < 4.78 is 17.0. The highest BCUT2D eigenvalue weighted by molar-refractivity contribution is 6.08. The maximum absolute atomic E-state index is 11.5. The van der Waals surface area contributed by atoms with Gasteiger partial charge >= 0.3 is 0 Å². The summed E-state index contributed by atoms with van der Waals surface area (Å²) in [5.41, 5.74) is 5.60. The number of fused-ring (bicyclic) bond motifs is 2. The van der Waals surface area contributed by atoms with Crippen LogP contribution in [-0.4, -0.2) is 38.2 Å². The lowest BCUT2D eigenvalue weighted by molar-refractivity contribution is 0.393. The van der Waals surface area contributed by atoms with Crippen LogP contribution in [0.1, 0.15) is 30.5 Å². The summed E-state index contributed by atoms with van der Waals surface area (Å²) in [6.45, 7) is 6.11. The molecule has 3 aromatic carbocycles. The minimum absolute atomic E-state index is 0.130. The summed E-state index contributed by atoms with van der Waals surface area (Å²) in [4.78, 5) is 4.76. The maximum atomic E-state index is 11.5. The van der Waals surface area contributed by atoms with Gasteiger partial charge < -0.3 is 19.3 Å². The van der Waals surface area contributed by atoms with E-state index in [1.165, 1.54) is 0 Å². The Balaban J connectivity index is 2.15. The molecular formula is C25H27NO4. The Kier molecular flexibility index (Phi) is 5.06. The van der Waals surface area contributed by atoms with Crippen LogP contribution in [0.15, 0.2) is 35.3 Å². The number of aromatic hydroxyl groups is 1. The number of nitrogens with zero attached hydrogens (tertiary/aromatic N) is 1. The fourth-order valence-electron chi connectivity index (χ4n) is 4.64. The smallest absolute Gasteiger partial charge is 0.135 e. The van der Waals surface area contributed by atoms with Crippen LogP contribution >= 0.6 is 0 Å². The third kappa shape index (κ3) is 2.96. The maximum Gasteiger partial charge on any atom is 0.135 e. The first-order chi connectivity index (χ1) is 14.4. The summed E-state index contributed by atoms with van der Waals surface area (Å²) in [7, 11) is 4.92. The molecule has 1 aliphatic heterocycles. The molecule has 1 atom stereocenters. The van der Waals surface area contributed by atoms with Crippen molar-refractivity contribution in [2.75, 3.05) is 21.3 Å². The molecule has 0 radical (unpaired) electrons. The number of methoxy groups -OCH3 is 3. The van der Waals surface area contributed by atoms with E-state index in [1.54, 1.807) is 21.3 Å². The molecule has 0 aromatic heterocycles. The average molecular weight is 405 g/mol. The van der Waals surface area contributed by atoms with Gasteiger partial charge in [-0.3, -0.25) is 4.99 Å². The summed E-state index contributed by atoms with van der Waals surface area (Å²) >= 11 is 0. The Hall–Kier alpha value is -3.21. The highest BCUT2D eigenvalue weighted by Crippen LogP contribution is 2.50. The van der Waals surface area contributed by atoms with Crippen molar-refractivity contribution in [2.45, 2.75) is 33.2 Å². The Morgan fingerprint density at radius 3 is 2.23 bits per heavy atom. The number of rotatable bonds is 4. The number of hydrogen-bond donors (Lipinski definition) is 1. The van der Waals surface area contributed by atoms with E-state index in [1.807, 2.05) is 38.1 Å². The first-order valence-electron chi connectivity index (χ1n) is 10.0. The van der Waals surface area contributed by atoms with E-state index in [0.717, 1.165) is 51.1 Å². The van der Waals surface area contributed by atoms with Gasteiger partial charge in [0.15, 0.2) is 0 Å². The van der Waals surface area contributed by atoms with E-state index < -0.39 is 0 Å². The molecule has 156 valence electrons. The van der Waals surface area contributed by atoms with E-state index in [0.29, 0.717) is 16.9 Å².